The highest BCUT2D eigenvalue weighted by Gasteiger charge is 2.18. The number of rotatable bonds is 9. The van der Waals surface area contributed by atoms with Gasteiger partial charge in [-0.25, -0.2) is 4.98 Å². The minimum absolute atomic E-state index is 0.0857. The summed E-state index contributed by atoms with van der Waals surface area (Å²) in [5.41, 5.74) is 1.15. The Morgan fingerprint density at radius 1 is 0.897 bits per heavy atom. The van der Waals surface area contributed by atoms with E-state index in [1.807, 2.05) is 38.1 Å². The standard InChI is InChI=1S/C20H21N5O4/c1-3-28-16-9-5-14(6-10-16)22-19-18(25(26)27)13-21-20(24-19)23-15-7-11-17(12-8-15)29-4-2/h5-13H,3-4H2,1-2H3,(H2,21,22,23,24). The number of aromatic nitrogens is 2. The van der Waals surface area contributed by atoms with Crippen molar-refractivity contribution in [2.45, 2.75) is 13.8 Å². The van der Waals surface area contributed by atoms with Gasteiger partial charge in [0, 0.05) is 11.4 Å². The molecule has 0 radical (unpaired) electrons. The molecule has 1 aromatic heterocycles. The molecule has 9 nitrogen and oxygen atoms in total. The largest absolute Gasteiger partial charge is 0.494 e. The summed E-state index contributed by atoms with van der Waals surface area (Å²) in [6.07, 6.45) is 1.17. The first-order valence-electron chi connectivity index (χ1n) is 9.10. The third-order valence-electron chi connectivity index (χ3n) is 3.82. The maximum Gasteiger partial charge on any atom is 0.329 e. The second-order valence-electron chi connectivity index (χ2n) is 5.85. The monoisotopic (exact) mass is 395 g/mol. The Bertz CT molecular complexity index is 962. The van der Waals surface area contributed by atoms with E-state index < -0.39 is 4.92 Å². The van der Waals surface area contributed by atoms with Crippen LogP contribution in [-0.4, -0.2) is 28.1 Å². The summed E-state index contributed by atoms with van der Waals surface area (Å²) in [6.45, 7) is 4.95. The van der Waals surface area contributed by atoms with Gasteiger partial charge in [-0.3, -0.25) is 10.1 Å². The first-order valence-corrected chi connectivity index (χ1v) is 9.10. The van der Waals surface area contributed by atoms with Crippen LogP contribution in [0.1, 0.15) is 13.8 Å². The van der Waals surface area contributed by atoms with Gasteiger partial charge in [0.05, 0.1) is 18.1 Å². The van der Waals surface area contributed by atoms with Crippen LogP contribution in [0.3, 0.4) is 0 Å². The van der Waals surface area contributed by atoms with E-state index in [9.17, 15) is 10.1 Å². The number of nitrogens with one attached hydrogen (secondary N) is 2. The summed E-state index contributed by atoms with van der Waals surface area (Å²) in [5, 5.41) is 17.3. The highest BCUT2D eigenvalue weighted by molar-refractivity contribution is 5.67. The molecule has 0 spiro atoms. The molecule has 9 heteroatoms. The van der Waals surface area contributed by atoms with Crippen molar-refractivity contribution in [3.8, 4) is 11.5 Å². The number of anilines is 4. The highest BCUT2D eigenvalue weighted by Crippen LogP contribution is 2.28. The van der Waals surface area contributed by atoms with Gasteiger partial charge in [-0.15, -0.1) is 0 Å². The average Bonchev–Trinajstić information content (AvgIpc) is 2.71. The summed E-state index contributed by atoms with van der Waals surface area (Å²) in [7, 11) is 0. The molecule has 150 valence electrons. The molecule has 1 heterocycles. The Morgan fingerprint density at radius 2 is 1.41 bits per heavy atom. The number of benzene rings is 2. The molecule has 0 fully saturated rings. The Hall–Kier alpha value is -3.88. The zero-order chi connectivity index (χ0) is 20.6. The smallest absolute Gasteiger partial charge is 0.329 e. The lowest BCUT2D eigenvalue weighted by atomic mass is 10.3. The average molecular weight is 395 g/mol. The molecule has 29 heavy (non-hydrogen) atoms. The minimum atomic E-state index is -0.530. The SMILES string of the molecule is CCOc1ccc(Nc2ncc([N+](=O)[O-])c(Nc3ccc(OCC)cc3)n2)cc1. The molecule has 0 bridgehead atoms. The van der Waals surface area contributed by atoms with E-state index in [4.69, 9.17) is 9.47 Å². The molecular formula is C20H21N5O4. The summed E-state index contributed by atoms with van der Waals surface area (Å²) in [4.78, 5) is 19.1. The van der Waals surface area contributed by atoms with Crippen molar-refractivity contribution in [2.75, 3.05) is 23.8 Å². The van der Waals surface area contributed by atoms with E-state index in [0.717, 1.165) is 11.4 Å². The van der Waals surface area contributed by atoms with Crippen molar-refractivity contribution in [1.82, 2.24) is 9.97 Å². The molecule has 0 aliphatic heterocycles. The molecular weight excluding hydrogens is 374 g/mol. The number of hydrogen-bond donors (Lipinski definition) is 2. The second-order valence-corrected chi connectivity index (χ2v) is 5.85. The normalized spacial score (nSPS) is 10.3. The van der Waals surface area contributed by atoms with E-state index in [-0.39, 0.29) is 17.5 Å². The summed E-state index contributed by atoms with van der Waals surface area (Å²) in [5.74, 6) is 1.78. The zero-order valence-corrected chi connectivity index (χ0v) is 16.1. The van der Waals surface area contributed by atoms with Crippen molar-refractivity contribution in [2.24, 2.45) is 0 Å². The van der Waals surface area contributed by atoms with E-state index in [0.29, 0.717) is 24.7 Å². The lowest BCUT2D eigenvalue weighted by Crippen LogP contribution is -2.04. The number of ether oxygens (including phenoxy) is 2. The topological polar surface area (TPSA) is 111 Å². The number of nitrogens with zero attached hydrogens (tertiary/aromatic N) is 3. The highest BCUT2D eigenvalue weighted by atomic mass is 16.6. The fourth-order valence-electron chi connectivity index (χ4n) is 2.53. The fraction of sp³-hybridized carbons (Fsp3) is 0.200. The van der Waals surface area contributed by atoms with Crippen molar-refractivity contribution < 1.29 is 14.4 Å². The van der Waals surface area contributed by atoms with E-state index in [1.54, 1.807) is 24.3 Å². The first kappa shape index (κ1) is 19.9. The van der Waals surface area contributed by atoms with Crippen molar-refractivity contribution in [3.63, 3.8) is 0 Å². The lowest BCUT2D eigenvalue weighted by Gasteiger charge is -2.10. The molecule has 0 amide bonds. The Labute approximate surface area is 167 Å². The fourth-order valence-corrected chi connectivity index (χ4v) is 2.53. The van der Waals surface area contributed by atoms with Crippen LogP contribution in [0.4, 0.5) is 28.8 Å². The molecule has 2 aromatic carbocycles. The molecule has 3 rings (SSSR count). The third-order valence-corrected chi connectivity index (χ3v) is 3.82. The first-order chi connectivity index (χ1) is 14.1. The molecule has 0 atom stereocenters. The summed E-state index contributed by atoms with van der Waals surface area (Å²) in [6, 6.07) is 14.3. The minimum Gasteiger partial charge on any atom is -0.494 e. The molecule has 0 aliphatic carbocycles. The molecule has 2 N–H and O–H groups in total. The molecule has 0 saturated carbocycles. The van der Waals surface area contributed by atoms with Gasteiger partial charge in [0.25, 0.3) is 0 Å². The lowest BCUT2D eigenvalue weighted by molar-refractivity contribution is -0.384. The Morgan fingerprint density at radius 3 is 1.90 bits per heavy atom. The molecule has 0 saturated heterocycles. The predicted molar refractivity (Wildman–Crippen MR) is 110 cm³/mol. The van der Waals surface area contributed by atoms with Crippen LogP contribution in [0.15, 0.2) is 54.7 Å². The van der Waals surface area contributed by atoms with Gasteiger partial charge in [0.15, 0.2) is 0 Å². The molecule has 3 aromatic rings. The molecule has 0 unspecified atom stereocenters. The van der Waals surface area contributed by atoms with Gasteiger partial charge in [-0.2, -0.15) is 4.98 Å². The Balaban J connectivity index is 1.80. The van der Waals surface area contributed by atoms with Crippen molar-refractivity contribution in [1.29, 1.82) is 0 Å². The quantitative estimate of drug-likeness (QED) is 0.397. The van der Waals surface area contributed by atoms with Crippen molar-refractivity contribution in [3.05, 3.63) is 64.8 Å². The van der Waals surface area contributed by atoms with Crippen LogP contribution in [0.5, 0.6) is 11.5 Å². The number of hydrogen-bond acceptors (Lipinski definition) is 8. The third kappa shape index (κ3) is 5.32. The van der Waals surface area contributed by atoms with Gasteiger partial charge in [-0.05, 0) is 62.4 Å². The van der Waals surface area contributed by atoms with Crippen LogP contribution in [0, 0.1) is 10.1 Å². The van der Waals surface area contributed by atoms with Crippen LogP contribution in [-0.2, 0) is 0 Å². The Kier molecular flexibility index (Phi) is 6.41. The van der Waals surface area contributed by atoms with Gasteiger partial charge in [0.2, 0.25) is 11.8 Å². The van der Waals surface area contributed by atoms with E-state index in [2.05, 4.69) is 20.6 Å². The van der Waals surface area contributed by atoms with Crippen LogP contribution in [0.25, 0.3) is 0 Å². The maximum absolute atomic E-state index is 11.4. The summed E-state index contributed by atoms with van der Waals surface area (Å²) >= 11 is 0. The zero-order valence-electron chi connectivity index (χ0n) is 16.1. The predicted octanol–water partition coefficient (Wildman–Crippen LogP) is 4.67. The van der Waals surface area contributed by atoms with Gasteiger partial charge < -0.3 is 20.1 Å². The van der Waals surface area contributed by atoms with Crippen LogP contribution >= 0.6 is 0 Å². The van der Waals surface area contributed by atoms with Gasteiger partial charge in [0.1, 0.15) is 17.7 Å². The van der Waals surface area contributed by atoms with Gasteiger partial charge >= 0.3 is 5.69 Å². The van der Waals surface area contributed by atoms with Crippen molar-refractivity contribution >= 4 is 28.8 Å². The van der Waals surface area contributed by atoms with E-state index in [1.165, 1.54) is 6.20 Å². The number of nitro groups is 1. The molecule has 0 aliphatic rings. The maximum atomic E-state index is 11.4. The summed E-state index contributed by atoms with van der Waals surface area (Å²) < 4.78 is 10.8. The van der Waals surface area contributed by atoms with Crippen LogP contribution in [0.2, 0.25) is 0 Å². The second kappa shape index (κ2) is 9.36. The van der Waals surface area contributed by atoms with Crippen LogP contribution < -0.4 is 20.1 Å². The van der Waals surface area contributed by atoms with Gasteiger partial charge in [-0.1, -0.05) is 0 Å². The van der Waals surface area contributed by atoms with E-state index >= 15 is 0 Å².